The highest BCUT2D eigenvalue weighted by atomic mass is 32.2. The first-order valence-electron chi connectivity index (χ1n) is 6.32. The lowest BCUT2D eigenvalue weighted by atomic mass is 9.97. The second-order valence-corrected chi connectivity index (χ2v) is 7.31. The average molecular weight is 294 g/mol. The Bertz CT molecular complexity index is 382. The fourth-order valence-corrected chi connectivity index (χ4v) is 4.82. The Morgan fingerprint density at radius 2 is 2.28 bits per heavy atom. The van der Waals surface area contributed by atoms with Crippen LogP contribution in [0, 0.1) is 5.92 Å². The molecule has 1 rings (SSSR count). The maximum Gasteiger partial charge on any atom is 0.223 e. The first kappa shape index (κ1) is 15.8. The summed E-state index contributed by atoms with van der Waals surface area (Å²) in [6.45, 7) is 2.88. The lowest BCUT2D eigenvalue weighted by Gasteiger charge is -2.33. The molecule has 0 aliphatic carbocycles. The minimum Gasteiger partial charge on any atom is -0.396 e. The Morgan fingerprint density at radius 1 is 1.61 bits per heavy atom. The Labute approximate surface area is 114 Å². The summed E-state index contributed by atoms with van der Waals surface area (Å²) in [7, 11) is -3.44. The van der Waals surface area contributed by atoms with Gasteiger partial charge in [-0.1, -0.05) is 19.1 Å². The molecular weight excluding hydrogens is 272 g/mol. The maximum absolute atomic E-state index is 12.4. The third kappa shape index (κ3) is 3.63. The molecule has 3 N–H and O–H groups in total. The highest BCUT2D eigenvalue weighted by Gasteiger charge is 2.35. The van der Waals surface area contributed by atoms with Crippen LogP contribution >= 0.6 is 12.2 Å². The molecule has 18 heavy (non-hydrogen) atoms. The molecule has 1 heterocycles. The van der Waals surface area contributed by atoms with Crippen molar-refractivity contribution in [2.75, 3.05) is 19.7 Å². The SMILES string of the molecule is CCC(C(N)=S)S(=O)(=O)N1CCCC(CCO)C1. The fraction of sp³-hybridized carbons (Fsp3) is 0.909. The van der Waals surface area contributed by atoms with E-state index in [2.05, 4.69) is 0 Å². The number of aliphatic hydroxyl groups is 1. The minimum atomic E-state index is -3.44. The van der Waals surface area contributed by atoms with Gasteiger partial charge in [-0.3, -0.25) is 0 Å². The minimum absolute atomic E-state index is 0.0433. The molecule has 0 amide bonds. The van der Waals surface area contributed by atoms with Crippen LogP contribution in [0.15, 0.2) is 0 Å². The largest absolute Gasteiger partial charge is 0.396 e. The van der Waals surface area contributed by atoms with E-state index in [-0.39, 0.29) is 17.5 Å². The van der Waals surface area contributed by atoms with Crippen molar-refractivity contribution in [2.45, 2.75) is 37.9 Å². The van der Waals surface area contributed by atoms with E-state index < -0.39 is 15.3 Å². The monoisotopic (exact) mass is 294 g/mol. The zero-order valence-electron chi connectivity index (χ0n) is 10.7. The molecule has 2 unspecified atom stereocenters. The zero-order chi connectivity index (χ0) is 13.8. The summed E-state index contributed by atoms with van der Waals surface area (Å²) in [4.78, 5) is 0.0433. The summed E-state index contributed by atoms with van der Waals surface area (Å²) in [6, 6.07) is 0. The van der Waals surface area contributed by atoms with Gasteiger partial charge in [-0.05, 0) is 31.6 Å². The summed E-state index contributed by atoms with van der Waals surface area (Å²) in [6.07, 6.45) is 2.85. The Morgan fingerprint density at radius 3 is 2.78 bits per heavy atom. The quantitative estimate of drug-likeness (QED) is 0.696. The summed E-state index contributed by atoms with van der Waals surface area (Å²) in [5.41, 5.74) is 5.52. The smallest absolute Gasteiger partial charge is 0.223 e. The molecular formula is C11H22N2O3S2. The van der Waals surface area contributed by atoms with E-state index in [0.29, 0.717) is 25.9 Å². The molecule has 7 heteroatoms. The van der Waals surface area contributed by atoms with Gasteiger partial charge in [0, 0.05) is 19.7 Å². The molecule has 0 radical (unpaired) electrons. The van der Waals surface area contributed by atoms with Crippen LogP contribution in [0.25, 0.3) is 0 Å². The van der Waals surface area contributed by atoms with Gasteiger partial charge in [-0.2, -0.15) is 0 Å². The molecule has 1 aliphatic rings. The number of thiocarbonyl (C=S) groups is 1. The molecule has 1 aliphatic heterocycles. The molecule has 5 nitrogen and oxygen atoms in total. The van der Waals surface area contributed by atoms with Gasteiger partial charge in [0.05, 0.1) is 4.99 Å². The van der Waals surface area contributed by atoms with E-state index in [1.54, 1.807) is 6.92 Å². The molecule has 1 saturated heterocycles. The van der Waals surface area contributed by atoms with Crippen LogP contribution in [0.2, 0.25) is 0 Å². The summed E-state index contributed by atoms with van der Waals surface area (Å²) in [5, 5.41) is 8.18. The number of nitrogens with two attached hydrogens (primary N) is 1. The normalized spacial score (nSPS) is 23.8. The summed E-state index contributed by atoms with van der Waals surface area (Å²) < 4.78 is 26.3. The standard InChI is InChI=1S/C11H22N2O3S2/c1-2-10(11(12)17)18(15,16)13-6-3-4-9(8-13)5-7-14/h9-10,14H,2-8H2,1H3,(H2,12,17). The van der Waals surface area contributed by atoms with E-state index in [1.807, 2.05) is 0 Å². The predicted molar refractivity (Wildman–Crippen MR) is 75.8 cm³/mol. The van der Waals surface area contributed by atoms with Crippen LogP contribution in [0.5, 0.6) is 0 Å². The van der Waals surface area contributed by atoms with E-state index in [4.69, 9.17) is 23.1 Å². The van der Waals surface area contributed by atoms with Gasteiger partial charge in [0.2, 0.25) is 10.0 Å². The number of rotatable bonds is 6. The van der Waals surface area contributed by atoms with E-state index in [0.717, 1.165) is 12.8 Å². The van der Waals surface area contributed by atoms with Crippen LogP contribution in [-0.2, 0) is 10.0 Å². The average Bonchev–Trinajstić information content (AvgIpc) is 2.29. The Kier molecular flexibility index (Phi) is 5.97. The lowest BCUT2D eigenvalue weighted by Crippen LogP contribution is -2.48. The molecule has 0 aromatic carbocycles. The zero-order valence-corrected chi connectivity index (χ0v) is 12.3. The number of hydrogen-bond donors (Lipinski definition) is 2. The highest BCUT2D eigenvalue weighted by Crippen LogP contribution is 2.24. The van der Waals surface area contributed by atoms with Crippen molar-refractivity contribution in [1.82, 2.24) is 4.31 Å². The van der Waals surface area contributed by atoms with E-state index >= 15 is 0 Å². The summed E-state index contributed by atoms with van der Waals surface area (Å²) >= 11 is 4.85. The first-order valence-corrected chi connectivity index (χ1v) is 8.23. The van der Waals surface area contributed by atoms with Crippen molar-refractivity contribution < 1.29 is 13.5 Å². The number of hydrogen-bond acceptors (Lipinski definition) is 4. The molecule has 2 atom stereocenters. The van der Waals surface area contributed by atoms with Crippen molar-refractivity contribution in [3.8, 4) is 0 Å². The number of sulfonamides is 1. The van der Waals surface area contributed by atoms with Crippen LogP contribution in [0.3, 0.4) is 0 Å². The van der Waals surface area contributed by atoms with Crippen molar-refractivity contribution in [1.29, 1.82) is 0 Å². The van der Waals surface area contributed by atoms with Gasteiger partial charge in [-0.25, -0.2) is 12.7 Å². The van der Waals surface area contributed by atoms with Crippen LogP contribution < -0.4 is 5.73 Å². The van der Waals surface area contributed by atoms with Crippen molar-refractivity contribution in [3.05, 3.63) is 0 Å². The summed E-state index contributed by atoms with van der Waals surface area (Å²) in [5.74, 6) is 0.238. The molecule has 0 bridgehead atoms. The van der Waals surface area contributed by atoms with Crippen molar-refractivity contribution >= 4 is 27.2 Å². The molecule has 0 spiro atoms. The van der Waals surface area contributed by atoms with Gasteiger partial charge in [-0.15, -0.1) is 0 Å². The number of nitrogens with zero attached hydrogens (tertiary/aromatic N) is 1. The maximum atomic E-state index is 12.4. The number of aliphatic hydroxyl groups excluding tert-OH is 1. The topological polar surface area (TPSA) is 83.6 Å². The molecule has 0 aromatic heterocycles. The van der Waals surface area contributed by atoms with Gasteiger partial charge < -0.3 is 10.8 Å². The Balaban J connectivity index is 2.81. The van der Waals surface area contributed by atoms with Gasteiger partial charge in [0.1, 0.15) is 5.25 Å². The highest BCUT2D eigenvalue weighted by molar-refractivity contribution is 7.92. The third-order valence-electron chi connectivity index (χ3n) is 3.43. The molecule has 0 aromatic rings. The second kappa shape index (κ2) is 6.79. The van der Waals surface area contributed by atoms with Crippen molar-refractivity contribution in [2.24, 2.45) is 11.7 Å². The molecule has 0 saturated carbocycles. The second-order valence-electron chi connectivity index (χ2n) is 4.72. The lowest BCUT2D eigenvalue weighted by molar-refractivity contribution is 0.202. The molecule has 1 fully saturated rings. The first-order chi connectivity index (χ1) is 8.43. The fourth-order valence-electron chi connectivity index (χ4n) is 2.41. The molecule has 106 valence electrons. The van der Waals surface area contributed by atoms with Crippen LogP contribution in [0.4, 0.5) is 0 Å². The third-order valence-corrected chi connectivity index (χ3v) is 6.22. The predicted octanol–water partition coefficient (Wildman–Crippen LogP) is 0.475. The van der Waals surface area contributed by atoms with Gasteiger partial charge in [0.15, 0.2) is 0 Å². The number of piperidine rings is 1. The van der Waals surface area contributed by atoms with Gasteiger partial charge in [0.25, 0.3) is 0 Å². The van der Waals surface area contributed by atoms with Crippen molar-refractivity contribution in [3.63, 3.8) is 0 Å². The van der Waals surface area contributed by atoms with Crippen LogP contribution in [0.1, 0.15) is 32.6 Å². The van der Waals surface area contributed by atoms with Crippen LogP contribution in [-0.4, -0.2) is 47.8 Å². The van der Waals surface area contributed by atoms with Gasteiger partial charge >= 0.3 is 0 Å². The Hall–Kier alpha value is -0.240. The van der Waals surface area contributed by atoms with E-state index in [1.165, 1.54) is 4.31 Å². The van der Waals surface area contributed by atoms with E-state index in [9.17, 15) is 8.42 Å².